The number of piperidine rings is 2. The minimum Gasteiger partial charge on any atom is -0.453 e. The van der Waals surface area contributed by atoms with Gasteiger partial charge in [0, 0.05) is 45.9 Å². The first-order valence-electron chi connectivity index (χ1n) is 10.2. The number of rotatable bonds is 7. The summed E-state index contributed by atoms with van der Waals surface area (Å²) >= 11 is 0. The van der Waals surface area contributed by atoms with Gasteiger partial charge in [-0.25, -0.2) is 4.79 Å². The monoisotopic (exact) mass is 511 g/mol. The Hall–Kier alpha value is -0.810. The van der Waals surface area contributed by atoms with Crippen molar-refractivity contribution in [3.63, 3.8) is 0 Å². The molecule has 0 aromatic rings. The molecule has 8 nitrogen and oxygen atoms in total. The quantitative estimate of drug-likeness (QED) is 0.308. The van der Waals surface area contributed by atoms with Gasteiger partial charge in [-0.05, 0) is 51.6 Å². The topological polar surface area (TPSA) is 78.4 Å². The van der Waals surface area contributed by atoms with Crippen LogP contribution in [0.25, 0.3) is 0 Å². The van der Waals surface area contributed by atoms with Gasteiger partial charge in [0.25, 0.3) is 0 Å². The van der Waals surface area contributed by atoms with E-state index in [1.54, 1.807) is 12.0 Å². The van der Waals surface area contributed by atoms with E-state index in [0.717, 1.165) is 71.2 Å². The molecule has 28 heavy (non-hydrogen) atoms. The molecule has 0 atom stereocenters. The third-order valence-electron chi connectivity index (χ3n) is 5.44. The number of amides is 1. The van der Waals surface area contributed by atoms with Crippen LogP contribution in [-0.4, -0.2) is 94.5 Å². The molecule has 2 rings (SSSR count). The number of guanidine groups is 1. The summed E-state index contributed by atoms with van der Waals surface area (Å²) in [5.74, 6) is 1.55. The Morgan fingerprint density at radius 2 is 1.79 bits per heavy atom. The Balaban J connectivity index is 0.00000392. The molecule has 1 amide bonds. The number of nitrogens with one attached hydrogen (secondary N) is 2. The highest BCUT2D eigenvalue weighted by Gasteiger charge is 2.24. The molecular formula is C19H38IN5O3. The van der Waals surface area contributed by atoms with Gasteiger partial charge in [-0.15, -0.1) is 24.0 Å². The molecule has 0 saturated carbocycles. The lowest BCUT2D eigenvalue weighted by molar-refractivity contribution is 0.111. The molecule has 0 unspecified atom stereocenters. The van der Waals surface area contributed by atoms with Crippen molar-refractivity contribution in [3.8, 4) is 0 Å². The number of methoxy groups -OCH3 is 2. The van der Waals surface area contributed by atoms with Crippen LogP contribution in [0.4, 0.5) is 4.79 Å². The Morgan fingerprint density at radius 1 is 1.11 bits per heavy atom. The van der Waals surface area contributed by atoms with Crippen LogP contribution < -0.4 is 10.6 Å². The van der Waals surface area contributed by atoms with Crippen molar-refractivity contribution in [2.45, 2.75) is 38.6 Å². The Kier molecular flexibility index (Phi) is 12.8. The smallest absolute Gasteiger partial charge is 0.409 e. The highest BCUT2D eigenvalue weighted by atomic mass is 127. The molecule has 164 valence electrons. The highest BCUT2D eigenvalue weighted by Crippen LogP contribution is 2.17. The van der Waals surface area contributed by atoms with Gasteiger partial charge in [0.15, 0.2) is 5.96 Å². The third-order valence-corrected chi connectivity index (χ3v) is 5.44. The zero-order chi connectivity index (χ0) is 19.5. The van der Waals surface area contributed by atoms with Crippen LogP contribution in [0.1, 0.15) is 32.6 Å². The molecule has 2 saturated heterocycles. The van der Waals surface area contributed by atoms with Gasteiger partial charge < -0.3 is 29.9 Å². The van der Waals surface area contributed by atoms with Gasteiger partial charge in [0.2, 0.25) is 0 Å². The van der Waals surface area contributed by atoms with Gasteiger partial charge in [-0.3, -0.25) is 4.99 Å². The van der Waals surface area contributed by atoms with E-state index >= 15 is 0 Å². The van der Waals surface area contributed by atoms with Crippen molar-refractivity contribution in [1.82, 2.24) is 20.4 Å². The lowest BCUT2D eigenvalue weighted by atomic mass is 9.97. The molecule has 2 aliphatic rings. The molecule has 2 heterocycles. The van der Waals surface area contributed by atoms with Gasteiger partial charge in [-0.1, -0.05) is 0 Å². The minimum atomic E-state index is -0.231. The Labute approximate surface area is 186 Å². The van der Waals surface area contributed by atoms with Gasteiger partial charge in [0.1, 0.15) is 0 Å². The highest BCUT2D eigenvalue weighted by molar-refractivity contribution is 14.0. The fourth-order valence-corrected chi connectivity index (χ4v) is 3.68. The second-order valence-electron chi connectivity index (χ2n) is 7.37. The number of carbonyl (C=O) groups excluding carboxylic acids is 1. The van der Waals surface area contributed by atoms with E-state index in [2.05, 4.69) is 22.5 Å². The molecule has 0 aromatic heterocycles. The second-order valence-corrected chi connectivity index (χ2v) is 7.37. The predicted octanol–water partition coefficient (Wildman–Crippen LogP) is 1.75. The summed E-state index contributed by atoms with van der Waals surface area (Å²) < 4.78 is 9.97. The van der Waals surface area contributed by atoms with Crippen molar-refractivity contribution in [2.24, 2.45) is 10.9 Å². The fourth-order valence-electron chi connectivity index (χ4n) is 3.68. The van der Waals surface area contributed by atoms with E-state index in [1.165, 1.54) is 20.0 Å². The number of hydrogen-bond donors (Lipinski definition) is 2. The molecule has 2 aliphatic heterocycles. The number of halogens is 1. The first-order valence-corrected chi connectivity index (χ1v) is 10.2. The first kappa shape index (κ1) is 25.2. The summed E-state index contributed by atoms with van der Waals surface area (Å²) in [6.07, 6.45) is 3.99. The van der Waals surface area contributed by atoms with Crippen LogP contribution in [0, 0.1) is 5.92 Å². The SMILES string of the molecule is CCNC(=NCC1CCN(CCOC)CC1)NC1CCN(C(=O)OC)CC1.I. The van der Waals surface area contributed by atoms with Crippen molar-refractivity contribution in [2.75, 3.05) is 66.6 Å². The van der Waals surface area contributed by atoms with E-state index in [4.69, 9.17) is 14.5 Å². The normalized spacial score (nSPS) is 19.8. The van der Waals surface area contributed by atoms with Gasteiger partial charge >= 0.3 is 6.09 Å². The molecule has 0 aliphatic carbocycles. The Bertz CT molecular complexity index is 464. The van der Waals surface area contributed by atoms with E-state index in [-0.39, 0.29) is 30.1 Å². The molecule has 0 bridgehead atoms. The maximum atomic E-state index is 11.6. The molecule has 0 spiro atoms. The van der Waals surface area contributed by atoms with Crippen molar-refractivity contribution in [3.05, 3.63) is 0 Å². The summed E-state index contributed by atoms with van der Waals surface area (Å²) in [4.78, 5) is 20.7. The molecule has 9 heteroatoms. The van der Waals surface area contributed by atoms with Crippen LogP contribution in [0.15, 0.2) is 4.99 Å². The van der Waals surface area contributed by atoms with Crippen LogP contribution >= 0.6 is 24.0 Å². The number of aliphatic imine (C=N–C) groups is 1. The summed E-state index contributed by atoms with van der Waals surface area (Å²) in [6, 6.07) is 0.347. The third kappa shape index (κ3) is 8.69. The number of hydrogen-bond acceptors (Lipinski definition) is 5. The second kappa shape index (κ2) is 14.2. The van der Waals surface area contributed by atoms with Crippen LogP contribution in [-0.2, 0) is 9.47 Å². The number of ether oxygens (including phenoxy) is 2. The summed E-state index contributed by atoms with van der Waals surface area (Å²) in [5, 5.41) is 6.90. The fraction of sp³-hybridized carbons (Fsp3) is 0.895. The molecule has 2 fully saturated rings. The first-order chi connectivity index (χ1) is 13.2. The number of carbonyl (C=O) groups is 1. The summed E-state index contributed by atoms with van der Waals surface area (Å²) in [6.45, 7) is 9.38. The van der Waals surface area contributed by atoms with E-state index in [1.807, 2.05) is 0 Å². The average Bonchev–Trinajstić information content (AvgIpc) is 2.71. The van der Waals surface area contributed by atoms with Crippen LogP contribution in [0.3, 0.4) is 0 Å². The zero-order valence-corrected chi connectivity index (χ0v) is 19.9. The maximum Gasteiger partial charge on any atom is 0.409 e. The summed E-state index contributed by atoms with van der Waals surface area (Å²) in [5.41, 5.74) is 0. The lowest BCUT2D eigenvalue weighted by Gasteiger charge is -2.32. The standard InChI is InChI=1S/C19H37N5O3.HI/c1-4-20-18(22-17-7-11-24(12-8-17)19(25)27-3)21-15-16-5-9-23(10-6-16)13-14-26-2;/h16-17H,4-15H2,1-3H3,(H2,20,21,22);1H. The van der Waals surface area contributed by atoms with Crippen molar-refractivity contribution < 1.29 is 14.3 Å². The average molecular weight is 511 g/mol. The van der Waals surface area contributed by atoms with Crippen LogP contribution in [0.2, 0.25) is 0 Å². The Morgan fingerprint density at radius 3 is 2.36 bits per heavy atom. The lowest BCUT2D eigenvalue weighted by Crippen LogP contribution is -2.50. The van der Waals surface area contributed by atoms with E-state index in [0.29, 0.717) is 12.0 Å². The molecular weight excluding hydrogens is 473 g/mol. The van der Waals surface area contributed by atoms with Gasteiger partial charge in [0.05, 0.1) is 13.7 Å². The van der Waals surface area contributed by atoms with Crippen molar-refractivity contribution in [1.29, 1.82) is 0 Å². The number of nitrogens with zero attached hydrogens (tertiary/aromatic N) is 3. The molecule has 0 aromatic carbocycles. The van der Waals surface area contributed by atoms with Crippen LogP contribution in [0.5, 0.6) is 0 Å². The predicted molar refractivity (Wildman–Crippen MR) is 123 cm³/mol. The minimum absolute atomic E-state index is 0. The van der Waals surface area contributed by atoms with E-state index in [9.17, 15) is 4.79 Å². The summed E-state index contributed by atoms with van der Waals surface area (Å²) in [7, 11) is 3.20. The maximum absolute atomic E-state index is 11.6. The number of likely N-dealkylation sites (tertiary alicyclic amines) is 2. The van der Waals surface area contributed by atoms with E-state index < -0.39 is 0 Å². The molecule has 2 N–H and O–H groups in total. The largest absolute Gasteiger partial charge is 0.453 e. The van der Waals surface area contributed by atoms with Crippen molar-refractivity contribution >= 4 is 36.0 Å². The zero-order valence-electron chi connectivity index (χ0n) is 17.6. The molecule has 0 radical (unpaired) electrons. The van der Waals surface area contributed by atoms with Gasteiger partial charge in [-0.2, -0.15) is 0 Å².